The molecule has 0 bridgehead atoms. The van der Waals surface area contributed by atoms with Crippen molar-refractivity contribution in [3.8, 4) is 0 Å². The molecule has 1 aliphatic heterocycles. The maximum atomic E-state index is 15.8. The molecular weight excluding hydrogens is 574 g/mol. The molecule has 2 unspecified atom stereocenters. The Bertz CT molecular complexity index is 1250. The van der Waals surface area contributed by atoms with Crippen LogP contribution in [0.3, 0.4) is 0 Å². The highest BCUT2D eigenvalue weighted by molar-refractivity contribution is 6.30. The van der Waals surface area contributed by atoms with E-state index in [1.807, 2.05) is 6.92 Å². The van der Waals surface area contributed by atoms with Crippen molar-refractivity contribution in [1.29, 1.82) is 0 Å². The molecule has 1 fully saturated rings. The number of carbonyl (C=O) groups excluding carboxylic acids is 4. The Morgan fingerprint density at radius 3 is 2.48 bits per heavy atom. The van der Waals surface area contributed by atoms with Gasteiger partial charge in [-0.3, -0.25) is 14.4 Å². The molecule has 0 aromatic heterocycles. The van der Waals surface area contributed by atoms with Gasteiger partial charge in [0.2, 0.25) is 17.7 Å². The predicted molar refractivity (Wildman–Crippen MR) is 150 cm³/mol. The van der Waals surface area contributed by atoms with Crippen molar-refractivity contribution in [1.82, 2.24) is 16.0 Å². The van der Waals surface area contributed by atoms with Crippen LogP contribution >= 0.6 is 11.6 Å². The van der Waals surface area contributed by atoms with Gasteiger partial charge in [-0.25, -0.2) is 4.79 Å². The maximum Gasteiger partial charge on any atom is 0.408 e. The van der Waals surface area contributed by atoms with Crippen molar-refractivity contribution in [3.05, 3.63) is 70.7 Å². The van der Waals surface area contributed by atoms with E-state index in [1.54, 1.807) is 6.07 Å². The van der Waals surface area contributed by atoms with Crippen LogP contribution in [0.5, 0.6) is 0 Å². The zero-order valence-electron chi connectivity index (χ0n) is 23.0. The minimum Gasteiger partial charge on any atom is -0.434 e. The summed E-state index contributed by atoms with van der Waals surface area (Å²) in [5.74, 6) is -6.48. The molecule has 0 radical (unpaired) electrons. The zero-order chi connectivity index (χ0) is 30.9. The number of carbonyl (C=O) groups is 4. The Morgan fingerprint density at radius 2 is 1.88 bits per heavy atom. The number of benzene rings is 2. The van der Waals surface area contributed by atoms with Crippen molar-refractivity contribution in [2.24, 2.45) is 11.7 Å². The summed E-state index contributed by atoms with van der Waals surface area (Å²) < 4.78 is 36.8. The molecule has 1 heterocycles. The fourth-order valence-electron chi connectivity index (χ4n) is 4.71. The largest absolute Gasteiger partial charge is 0.434 e. The van der Waals surface area contributed by atoms with E-state index in [1.165, 1.54) is 36.4 Å². The molecule has 1 saturated heterocycles. The number of hydrogen-bond donors (Lipinski definition) is 5. The lowest BCUT2D eigenvalue weighted by Gasteiger charge is -2.29. The van der Waals surface area contributed by atoms with E-state index in [0.717, 1.165) is 12.1 Å². The van der Waals surface area contributed by atoms with Crippen LogP contribution in [-0.4, -0.2) is 53.7 Å². The van der Waals surface area contributed by atoms with E-state index >= 15 is 8.78 Å². The number of aliphatic hydroxyl groups excluding tert-OH is 1. The fourth-order valence-corrected chi connectivity index (χ4v) is 4.90. The number of alkyl carbamates (subject to hydrolysis) is 1. The molecule has 0 aliphatic carbocycles. The van der Waals surface area contributed by atoms with Gasteiger partial charge in [-0.1, -0.05) is 73.8 Å². The first-order valence-corrected chi connectivity index (χ1v) is 14.0. The minimum atomic E-state index is -3.71. The van der Waals surface area contributed by atoms with E-state index < -0.39 is 59.6 Å². The highest BCUT2D eigenvalue weighted by Gasteiger charge is 2.46. The molecule has 13 heteroatoms. The third kappa shape index (κ3) is 8.62. The van der Waals surface area contributed by atoms with Crippen molar-refractivity contribution in [2.45, 2.75) is 69.2 Å². The standard InChI is InChI=1S/C29H35ClF2N4O6/c1-2-3-12-21(27(40)35-22(23(37)25(33)38)15-18-13-14-34-26(18)39)36-28(41)42-24(17-8-5-4-6-9-17)29(31,32)19-10-7-11-20(30)16-19/h4-11,16,18,21-24,37H,2-3,12-15H2,1H3,(H2,33,38)(H,34,39)(H,35,40)(H,36,41)/t18-,21-,22-,23?,24?/m0/s1. The second kappa shape index (κ2) is 14.9. The van der Waals surface area contributed by atoms with Crippen LogP contribution in [0, 0.1) is 5.92 Å². The number of amides is 4. The highest BCUT2D eigenvalue weighted by Crippen LogP contribution is 2.43. The van der Waals surface area contributed by atoms with Gasteiger partial charge in [0, 0.05) is 23.0 Å². The van der Waals surface area contributed by atoms with E-state index in [9.17, 15) is 24.3 Å². The van der Waals surface area contributed by atoms with E-state index in [-0.39, 0.29) is 29.3 Å². The second-order valence-electron chi connectivity index (χ2n) is 10.1. The van der Waals surface area contributed by atoms with Crippen molar-refractivity contribution in [2.75, 3.05) is 6.54 Å². The maximum absolute atomic E-state index is 15.8. The number of ether oxygens (including phenoxy) is 1. The number of hydrogen-bond acceptors (Lipinski definition) is 6. The van der Waals surface area contributed by atoms with Crippen LogP contribution < -0.4 is 21.7 Å². The average Bonchev–Trinajstić information content (AvgIpc) is 3.37. The van der Waals surface area contributed by atoms with Gasteiger partial charge >= 0.3 is 12.0 Å². The quantitative estimate of drug-likeness (QED) is 0.221. The summed E-state index contributed by atoms with van der Waals surface area (Å²) in [6.45, 7) is 2.26. The summed E-state index contributed by atoms with van der Waals surface area (Å²) in [5, 5.41) is 17.9. The Balaban J connectivity index is 1.81. The van der Waals surface area contributed by atoms with Crippen LogP contribution in [0.2, 0.25) is 5.02 Å². The predicted octanol–water partition coefficient (Wildman–Crippen LogP) is 3.32. The third-order valence-electron chi connectivity index (χ3n) is 7.02. The lowest BCUT2D eigenvalue weighted by molar-refractivity contribution is -0.132. The lowest BCUT2D eigenvalue weighted by Crippen LogP contribution is -2.55. The summed E-state index contributed by atoms with van der Waals surface area (Å²) in [7, 11) is 0. The monoisotopic (exact) mass is 608 g/mol. The Morgan fingerprint density at radius 1 is 1.17 bits per heavy atom. The molecule has 228 valence electrons. The molecule has 5 atom stereocenters. The number of alkyl halides is 2. The normalized spacial score (nSPS) is 17.8. The van der Waals surface area contributed by atoms with Gasteiger partial charge in [-0.15, -0.1) is 0 Å². The summed E-state index contributed by atoms with van der Waals surface area (Å²) in [4.78, 5) is 50.1. The SMILES string of the molecule is CCCC[C@H](NC(=O)OC(c1ccccc1)C(F)(F)c1cccc(Cl)c1)C(=O)N[C@@H](C[C@@H]1CCNC1=O)C(O)C(N)=O. The highest BCUT2D eigenvalue weighted by atomic mass is 35.5. The first kappa shape index (κ1) is 32.7. The number of primary amides is 1. The van der Waals surface area contributed by atoms with Gasteiger partial charge in [-0.05, 0) is 37.0 Å². The molecule has 0 spiro atoms. The number of halogens is 3. The van der Waals surface area contributed by atoms with Crippen LogP contribution in [0.25, 0.3) is 0 Å². The Labute approximate surface area is 247 Å². The fraction of sp³-hybridized carbons (Fsp3) is 0.448. The number of aliphatic hydroxyl groups is 1. The Hall–Kier alpha value is -3.77. The van der Waals surface area contributed by atoms with Crippen LogP contribution in [0.1, 0.15) is 56.3 Å². The summed E-state index contributed by atoms with van der Waals surface area (Å²) >= 11 is 5.94. The van der Waals surface area contributed by atoms with Crippen molar-refractivity contribution >= 4 is 35.4 Å². The van der Waals surface area contributed by atoms with E-state index in [2.05, 4.69) is 16.0 Å². The second-order valence-corrected chi connectivity index (χ2v) is 10.6. The van der Waals surface area contributed by atoms with E-state index in [4.69, 9.17) is 22.1 Å². The van der Waals surface area contributed by atoms with Gasteiger partial charge in [0.1, 0.15) is 6.04 Å². The molecule has 3 rings (SSSR count). The van der Waals surface area contributed by atoms with Gasteiger partial charge in [0.15, 0.2) is 12.2 Å². The average molecular weight is 609 g/mol. The Kier molecular flexibility index (Phi) is 11.6. The topological polar surface area (TPSA) is 160 Å². The van der Waals surface area contributed by atoms with Gasteiger partial charge < -0.3 is 31.5 Å². The minimum absolute atomic E-state index is 0.00618. The summed E-state index contributed by atoms with van der Waals surface area (Å²) in [5.41, 5.74) is 4.79. The molecule has 0 saturated carbocycles. The molecular formula is C29H35ClF2N4O6. The molecule has 2 aromatic carbocycles. The number of nitrogens with one attached hydrogen (secondary N) is 3. The molecule has 1 aliphatic rings. The zero-order valence-corrected chi connectivity index (χ0v) is 23.8. The van der Waals surface area contributed by atoms with Gasteiger partial charge in [0.05, 0.1) is 6.04 Å². The summed E-state index contributed by atoms with van der Waals surface area (Å²) in [6.07, 6.45) is -3.61. The molecule has 10 nitrogen and oxygen atoms in total. The van der Waals surface area contributed by atoms with Gasteiger partial charge in [0.25, 0.3) is 0 Å². The van der Waals surface area contributed by atoms with Crippen LogP contribution in [0.4, 0.5) is 13.6 Å². The van der Waals surface area contributed by atoms with Crippen LogP contribution in [0.15, 0.2) is 54.6 Å². The molecule has 6 N–H and O–H groups in total. The van der Waals surface area contributed by atoms with Crippen LogP contribution in [-0.2, 0) is 25.0 Å². The number of rotatable bonds is 14. The lowest BCUT2D eigenvalue weighted by atomic mass is 9.94. The third-order valence-corrected chi connectivity index (χ3v) is 7.26. The molecule has 42 heavy (non-hydrogen) atoms. The van der Waals surface area contributed by atoms with Gasteiger partial charge in [-0.2, -0.15) is 8.78 Å². The first-order chi connectivity index (χ1) is 19.9. The smallest absolute Gasteiger partial charge is 0.408 e. The van der Waals surface area contributed by atoms with Crippen molar-refractivity contribution in [3.63, 3.8) is 0 Å². The first-order valence-electron chi connectivity index (χ1n) is 13.6. The van der Waals surface area contributed by atoms with E-state index in [0.29, 0.717) is 25.8 Å². The molecule has 2 aromatic rings. The summed E-state index contributed by atoms with van der Waals surface area (Å²) in [6, 6.07) is 9.95. The van der Waals surface area contributed by atoms with Crippen molar-refractivity contribution < 1.29 is 37.8 Å². The number of unbranched alkanes of at least 4 members (excludes halogenated alkanes) is 1. The molecule has 4 amide bonds. The number of nitrogens with two attached hydrogens (primary N) is 1.